The molecule has 0 unspecified atom stereocenters. The molecule has 0 bridgehead atoms. The van der Waals surface area contributed by atoms with Crippen molar-refractivity contribution < 1.29 is 14.3 Å². The number of nitrogens with one attached hydrogen (secondary N) is 2. The molecule has 24 heavy (non-hydrogen) atoms. The lowest BCUT2D eigenvalue weighted by Gasteiger charge is -2.20. The lowest BCUT2D eigenvalue weighted by atomic mass is 10.1. The van der Waals surface area contributed by atoms with Gasteiger partial charge in [0.2, 0.25) is 6.79 Å². The normalized spacial score (nSPS) is 12.8. The summed E-state index contributed by atoms with van der Waals surface area (Å²) in [6.07, 6.45) is 1.66. The van der Waals surface area contributed by atoms with Crippen LogP contribution in [0.3, 0.4) is 0 Å². The van der Waals surface area contributed by atoms with Crippen molar-refractivity contribution in [1.29, 1.82) is 0 Å². The molecule has 3 rings (SSSR count). The molecule has 1 aromatic carbocycles. The molecule has 2 aromatic rings. The van der Waals surface area contributed by atoms with Crippen molar-refractivity contribution in [3.63, 3.8) is 0 Å². The Balaban J connectivity index is 1.59. The molecule has 0 fully saturated rings. The molecule has 6 heteroatoms. The molecule has 0 saturated heterocycles. The Kier molecular flexibility index (Phi) is 4.29. The minimum atomic E-state index is -0.283. The van der Waals surface area contributed by atoms with E-state index in [2.05, 4.69) is 15.6 Å². The summed E-state index contributed by atoms with van der Waals surface area (Å²) in [7, 11) is 0. The Hall–Kier alpha value is -2.76. The van der Waals surface area contributed by atoms with Gasteiger partial charge >= 0.3 is 0 Å². The summed E-state index contributed by atoms with van der Waals surface area (Å²) >= 11 is 0. The fourth-order valence-electron chi connectivity index (χ4n) is 2.29. The maximum absolute atomic E-state index is 12.0. The third-order valence-corrected chi connectivity index (χ3v) is 3.42. The summed E-state index contributed by atoms with van der Waals surface area (Å²) in [5.74, 6) is 1.36. The van der Waals surface area contributed by atoms with Crippen LogP contribution in [0.4, 0.5) is 5.69 Å². The number of anilines is 1. The number of ether oxygens (including phenoxy) is 2. The van der Waals surface area contributed by atoms with Crippen LogP contribution >= 0.6 is 0 Å². The highest BCUT2D eigenvalue weighted by Crippen LogP contribution is 2.32. The molecule has 1 aliphatic heterocycles. The van der Waals surface area contributed by atoms with Crippen LogP contribution in [-0.2, 0) is 6.54 Å². The highest BCUT2D eigenvalue weighted by atomic mass is 16.7. The number of nitrogens with zero attached hydrogens (tertiary/aromatic N) is 1. The molecule has 1 amide bonds. The number of fused-ring (bicyclic) bond motifs is 1. The first kappa shape index (κ1) is 16.1. The minimum absolute atomic E-state index is 0.176. The summed E-state index contributed by atoms with van der Waals surface area (Å²) in [6, 6.07) is 9.39. The Labute approximate surface area is 141 Å². The molecular weight excluding hydrogens is 306 g/mol. The maximum atomic E-state index is 12.0. The van der Waals surface area contributed by atoms with Gasteiger partial charge < -0.3 is 20.1 Å². The number of rotatable bonds is 4. The van der Waals surface area contributed by atoms with Gasteiger partial charge in [0.15, 0.2) is 11.5 Å². The van der Waals surface area contributed by atoms with Crippen molar-refractivity contribution in [3.8, 4) is 11.5 Å². The standard InChI is InChI=1S/C18H21N3O3/c1-18(2,3)21-17(22)14-6-5-13(10-20-14)19-9-12-4-7-15-16(8-12)24-11-23-15/h4-8,10,19H,9,11H2,1-3H3,(H,21,22). The molecule has 2 N–H and O–H groups in total. The monoisotopic (exact) mass is 327 g/mol. The SMILES string of the molecule is CC(C)(C)NC(=O)c1ccc(NCc2ccc3c(c2)OCO3)cn1. The van der Waals surface area contributed by atoms with Gasteiger partial charge in [0.1, 0.15) is 5.69 Å². The summed E-state index contributed by atoms with van der Waals surface area (Å²) < 4.78 is 10.7. The fraction of sp³-hybridized carbons (Fsp3) is 0.333. The van der Waals surface area contributed by atoms with E-state index in [1.165, 1.54) is 0 Å². The van der Waals surface area contributed by atoms with E-state index in [9.17, 15) is 4.79 Å². The Morgan fingerprint density at radius 2 is 1.96 bits per heavy atom. The predicted octanol–water partition coefficient (Wildman–Crippen LogP) is 2.95. The predicted molar refractivity (Wildman–Crippen MR) is 91.3 cm³/mol. The van der Waals surface area contributed by atoms with E-state index in [1.807, 2.05) is 45.0 Å². The first-order valence-corrected chi connectivity index (χ1v) is 7.82. The minimum Gasteiger partial charge on any atom is -0.454 e. The van der Waals surface area contributed by atoms with Crippen molar-refractivity contribution in [2.24, 2.45) is 0 Å². The number of pyridine rings is 1. The van der Waals surface area contributed by atoms with Crippen molar-refractivity contribution in [3.05, 3.63) is 47.8 Å². The van der Waals surface area contributed by atoms with Gasteiger partial charge in [0.25, 0.3) is 5.91 Å². The van der Waals surface area contributed by atoms with Crippen LogP contribution in [0.2, 0.25) is 0 Å². The van der Waals surface area contributed by atoms with E-state index in [0.29, 0.717) is 12.2 Å². The average Bonchev–Trinajstić information content (AvgIpc) is 2.99. The van der Waals surface area contributed by atoms with Crippen LogP contribution in [0.5, 0.6) is 11.5 Å². The second kappa shape index (κ2) is 6.39. The van der Waals surface area contributed by atoms with Gasteiger partial charge in [-0.25, -0.2) is 4.98 Å². The number of carbonyl (C=O) groups excluding carboxylic acids is 1. The van der Waals surface area contributed by atoms with Gasteiger partial charge in [-0.15, -0.1) is 0 Å². The second-order valence-corrected chi connectivity index (χ2v) is 6.68. The van der Waals surface area contributed by atoms with E-state index >= 15 is 0 Å². The van der Waals surface area contributed by atoms with E-state index in [0.717, 1.165) is 22.7 Å². The number of benzene rings is 1. The molecule has 6 nitrogen and oxygen atoms in total. The molecule has 1 aromatic heterocycles. The van der Waals surface area contributed by atoms with E-state index in [-0.39, 0.29) is 18.2 Å². The molecule has 0 radical (unpaired) electrons. The van der Waals surface area contributed by atoms with Crippen molar-refractivity contribution in [1.82, 2.24) is 10.3 Å². The highest BCUT2D eigenvalue weighted by Gasteiger charge is 2.16. The quantitative estimate of drug-likeness (QED) is 0.903. The lowest BCUT2D eigenvalue weighted by molar-refractivity contribution is 0.0914. The second-order valence-electron chi connectivity index (χ2n) is 6.68. The Morgan fingerprint density at radius 3 is 2.67 bits per heavy atom. The van der Waals surface area contributed by atoms with Gasteiger partial charge in [-0.2, -0.15) is 0 Å². The molecule has 0 spiro atoms. The third kappa shape index (κ3) is 3.95. The average molecular weight is 327 g/mol. The summed E-state index contributed by atoms with van der Waals surface area (Å²) in [6.45, 7) is 6.71. The fourth-order valence-corrected chi connectivity index (χ4v) is 2.29. The van der Waals surface area contributed by atoms with E-state index < -0.39 is 0 Å². The Bertz CT molecular complexity index is 736. The molecule has 2 heterocycles. The number of hydrogen-bond acceptors (Lipinski definition) is 5. The number of carbonyl (C=O) groups is 1. The zero-order chi connectivity index (χ0) is 17.2. The summed E-state index contributed by atoms with van der Waals surface area (Å²) in [4.78, 5) is 16.3. The number of hydrogen-bond donors (Lipinski definition) is 2. The highest BCUT2D eigenvalue weighted by molar-refractivity contribution is 5.92. The molecule has 1 aliphatic rings. The van der Waals surface area contributed by atoms with Gasteiger partial charge in [0, 0.05) is 12.1 Å². The van der Waals surface area contributed by atoms with Crippen molar-refractivity contribution >= 4 is 11.6 Å². The van der Waals surface area contributed by atoms with Crippen LogP contribution < -0.4 is 20.1 Å². The van der Waals surface area contributed by atoms with Crippen LogP contribution in [0.1, 0.15) is 36.8 Å². The topological polar surface area (TPSA) is 72.5 Å². The zero-order valence-corrected chi connectivity index (χ0v) is 14.1. The molecule has 126 valence electrons. The number of amides is 1. The van der Waals surface area contributed by atoms with Crippen LogP contribution in [0.15, 0.2) is 36.5 Å². The van der Waals surface area contributed by atoms with E-state index in [1.54, 1.807) is 12.3 Å². The molecular formula is C18H21N3O3. The third-order valence-electron chi connectivity index (χ3n) is 3.42. The van der Waals surface area contributed by atoms with Gasteiger partial charge in [0.05, 0.1) is 11.9 Å². The van der Waals surface area contributed by atoms with Crippen LogP contribution in [-0.4, -0.2) is 23.2 Å². The van der Waals surface area contributed by atoms with Crippen LogP contribution in [0.25, 0.3) is 0 Å². The van der Waals surface area contributed by atoms with E-state index in [4.69, 9.17) is 9.47 Å². The van der Waals surface area contributed by atoms with Crippen molar-refractivity contribution in [2.45, 2.75) is 32.9 Å². The summed E-state index contributed by atoms with van der Waals surface area (Å²) in [5, 5.41) is 6.16. The van der Waals surface area contributed by atoms with Gasteiger partial charge in [-0.05, 0) is 50.6 Å². The zero-order valence-electron chi connectivity index (χ0n) is 14.1. The van der Waals surface area contributed by atoms with Gasteiger partial charge in [-0.3, -0.25) is 4.79 Å². The molecule has 0 aliphatic carbocycles. The maximum Gasteiger partial charge on any atom is 0.270 e. The Morgan fingerprint density at radius 1 is 1.17 bits per heavy atom. The first-order valence-electron chi connectivity index (χ1n) is 7.82. The molecule has 0 atom stereocenters. The first-order chi connectivity index (χ1) is 11.4. The summed E-state index contributed by atoms with van der Waals surface area (Å²) in [5.41, 5.74) is 2.04. The largest absolute Gasteiger partial charge is 0.454 e. The lowest BCUT2D eigenvalue weighted by Crippen LogP contribution is -2.40. The van der Waals surface area contributed by atoms with Crippen molar-refractivity contribution in [2.75, 3.05) is 12.1 Å². The van der Waals surface area contributed by atoms with Gasteiger partial charge in [-0.1, -0.05) is 6.07 Å². The molecule has 0 saturated carbocycles. The van der Waals surface area contributed by atoms with Crippen LogP contribution in [0, 0.1) is 0 Å². The smallest absolute Gasteiger partial charge is 0.270 e. The number of aromatic nitrogens is 1.